The number of aromatic amines is 1. The molecule has 5 rings (SSSR count). The predicted octanol–water partition coefficient (Wildman–Crippen LogP) is 4.01. The van der Waals surface area contributed by atoms with Gasteiger partial charge in [-0.1, -0.05) is 6.07 Å². The summed E-state index contributed by atoms with van der Waals surface area (Å²) in [6.45, 7) is 4.07. The normalized spacial score (nSPS) is 11.4. The van der Waals surface area contributed by atoms with Gasteiger partial charge in [-0.2, -0.15) is 28.2 Å². The maximum absolute atomic E-state index is 12.0. The van der Waals surface area contributed by atoms with Crippen molar-refractivity contribution in [1.29, 1.82) is 0 Å². The number of nitrogens with zero attached hydrogens (tertiary/aromatic N) is 7. The van der Waals surface area contributed by atoms with Gasteiger partial charge in [-0.25, -0.2) is 19.4 Å². The average Bonchev–Trinajstić information content (AvgIpc) is 3.53. The molecule has 214 valence electrons. The lowest BCUT2D eigenvalue weighted by molar-refractivity contribution is -0.192. The van der Waals surface area contributed by atoms with Crippen LogP contribution in [0.4, 0.5) is 30.6 Å². The number of fused-ring (bicyclic) bond motifs is 2. The number of carboxylic acid groups (broad SMARTS) is 1. The van der Waals surface area contributed by atoms with E-state index in [1.165, 1.54) is 17.3 Å². The molecule has 13 nitrogen and oxygen atoms in total. The fourth-order valence-corrected chi connectivity index (χ4v) is 3.71. The van der Waals surface area contributed by atoms with Gasteiger partial charge < -0.3 is 26.0 Å². The van der Waals surface area contributed by atoms with E-state index in [4.69, 9.17) is 25.7 Å². The van der Waals surface area contributed by atoms with E-state index in [0.717, 1.165) is 22.2 Å². The summed E-state index contributed by atoms with van der Waals surface area (Å²) in [5, 5.41) is 16.8. The molecule has 41 heavy (non-hydrogen) atoms. The van der Waals surface area contributed by atoms with Crippen LogP contribution in [-0.4, -0.2) is 76.9 Å². The van der Waals surface area contributed by atoms with Crippen molar-refractivity contribution in [2.75, 3.05) is 25.1 Å². The minimum Gasteiger partial charge on any atom is -0.475 e. The van der Waals surface area contributed by atoms with E-state index in [0.29, 0.717) is 22.5 Å². The van der Waals surface area contributed by atoms with E-state index >= 15 is 0 Å². The SMILES string of the molecule is CC(C)n1nc(-c2ccc3[nH]ccc3c2)c2c(N)nc(Nc3cnc(C(=O)N(C)C)nc3)nc21.O=C(O)C(F)(F)F. The molecule has 0 radical (unpaired) electrons. The third kappa shape index (κ3) is 6.15. The fourth-order valence-electron chi connectivity index (χ4n) is 3.71. The number of hydrogen-bond donors (Lipinski definition) is 4. The van der Waals surface area contributed by atoms with Crippen molar-refractivity contribution in [3.63, 3.8) is 0 Å². The van der Waals surface area contributed by atoms with Crippen molar-refractivity contribution in [1.82, 2.24) is 39.6 Å². The first-order valence-corrected chi connectivity index (χ1v) is 12.0. The Hall–Kier alpha value is -5.28. The molecule has 1 aromatic carbocycles. The molecular formula is C25H25F3N10O3. The number of carbonyl (C=O) groups excluding carboxylic acids is 1. The van der Waals surface area contributed by atoms with Gasteiger partial charge in [0.25, 0.3) is 5.91 Å². The van der Waals surface area contributed by atoms with Crippen LogP contribution in [0.2, 0.25) is 0 Å². The predicted molar refractivity (Wildman–Crippen MR) is 144 cm³/mol. The number of hydrogen-bond acceptors (Lipinski definition) is 9. The minimum absolute atomic E-state index is 0.0500. The molecule has 4 aromatic heterocycles. The van der Waals surface area contributed by atoms with Crippen LogP contribution in [0.15, 0.2) is 42.9 Å². The van der Waals surface area contributed by atoms with Gasteiger partial charge in [-0.05, 0) is 32.0 Å². The van der Waals surface area contributed by atoms with Crippen LogP contribution in [-0.2, 0) is 4.79 Å². The second kappa shape index (κ2) is 11.1. The summed E-state index contributed by atoms with van der Waals surface area (Å²) in [4.78, 5) is 42.9. The number of amides is 1. The number of aliphatic carboxylic acids is 1. The molecule has 0 fully saturated rings. The highest BCUT2D eigenvalue weighted by molar-refractivity contribution is 6.00. The number of rotatable bonds is 5. The summed E-state index contributed by atoms with van der Waals surface area (Å²) in [5.74, 6) is -2.33. The molecule has 0 bridgehead atoms. The molecule has 0 aliphatic heterocycles. The molecular weight excluding hydrogens is 545 g/mol. The van der Waals surface area contributed by atoms with Crippen LogP contribution >= 0.6 is 0 Å². The van der Waals surface area contributed by atoms with Crippen molar-refractivity contribution in [2.45, 2.75) is 26.1 Å². The zero-order chi connectivity index (χ0) is 30.1. The van der Waals surface area contributed by atoms with Gasteiger partial charge in [0, 0.05) is 42.8 Å². The van der Waals surface area contributed by atoms with Crippen molar-refractivity contribution in [3.05, 3.63) is 48.7 Å². The maximum atomic E-state index is 12.0. The number of nitrogen functional groups attached to an aromatic ring is 1. The number of nitrogens with one attached hydrogen (secondary N) is 2. The van der Waals surface area contributed by atoms with Crippen molar-refractivity contribution in [2.24, 2.45) is 0 Å². The summed E-state index contributed by atoms with van der Waals surface area (Å²) in [6, 6.07) is 8.15. The Kier molecular flexibility index (Phi) is 7.75. The highest BCUT2D eigenvalue weighted by Crippen LogP contribution is 2.34. The van der Waals surface area contributed by atoms with E-state index in [9.17, 15) is 18.0 Å². The summed E-state index contributed by atoms with van der Waals surface area (Å²) in [7, 11) is 3.29. The maximum Gasteiger partial charge on any atom is 0.490 e. The smallest absolute Gasteiger partial charge is 0.475 e. The van der Waals surface area contributed by atoms with E-state index in [1.54, 1.807) is 14.1 Å². The Balaban J connectivity index is 0.000000493. The number of carboxylic acids is 1. The first-order valence-electron chi connectivity index (χ1n) is 12.0. The molecule has 0 aliphatic rings. The largest absolute Gasteiger partial charge is 0.490 e. The summed E-state index contributed by atoms with van der Waals surface area (Å²) in [5.41, 5.74) is 10.3. The summed E-state index contributed by atoms with van der Waals surface area (Å²) >= 11 is 0. The second-order valence-electron chi connectivity index (χ2n) is 9.22. The van der Waals surface area contributed by atoms with Gasteiger partial charge in [0.05, 0.1) is 23.5 Å². The van der Waals surface area contributed by atoms with Crippen LogP contribution in [0.3, 0.4) is 0 Å². The molecule has 0 atom stereocenters. The molecule has 5 aromatic rings. The van der Waals surface area contributed by atoms with Crippen molar-refractivity contribution >= 4 is 51.3 Å². The van der Waals surface area contributed by atoms with Gasteiger partial charge >= 0.3 is 12.1 Å². The Bertz CT molecular complexity index is 1730. The third-order valence-corrected chi connectivity index (χ3v) is 5.64. The summed E-state index contributed by atoms with van der Waals surface area (Å²) in [6.07, 6.45) is -0.170. The number of halogens is 3. The Morgan fingerprint density at radius 3 is 2.37 bits per heavy atom. The number of anilines is 3. The fraction of sp³-hybridized carbons (Fsp3) is 0.240. The number of benzene rings is 1. The van der Waals surface area contributed by atoms with Crippen LogP contribution in [0.5, 0.6) is 0 Å². The van der Waals surface area contributed by atoms with Gasteiger partial charge in [-0.3, -0.25) is 4.79 Å². The average molecular weight is 571 g/mol. The number of nitrogens with two attached hydrogens (primary N) is 1. The molecule has 5 N–H and O–H groups in total. The first kappa shape index (κ1) is 28.7. The molecule has 4 heterocycles. The molecule has 0 saturated carbocycles. The first-order chi connectivity index (χ1) is 19.3. The van der Waals surface area contributed by atoms with Crippen molar-refractivity contribution in [3.8, 4) is 11.3 Å². The molecule has 0 saturated heterocycles. The van der Waals surface area contributed by atoms with E-state index < -0.39 is 12.1 Å². The molecule has 0 unspecified atom stereocenters. The zero-order valence-electron chi connectivity index (χ0n) is 22.2. The monoisotopic (exact) mass is 570 g/mol. The van der Waals surface area contributed by atoms with E-state index in [1.807, 2.05) is 42.9 Å². The number of carbonyl (C=O) groups is 2. The lowest BCUT2D eigenvalue weighted by Gasteiger charge is -2.10. The number of alkyl halides is 3. The molecule has 1 amide bonds. The van der Waals surface area contributed by atoms with Gasteiger partial charge in [0.1, 0.15) is 11.5 Å². The standard InChI is InChI=1S/C23H24N10O.C2HF3O2/c1-12(2)33-21-17(18(31-33)14-5-6-16-13(9-14)7-8-25-16)19(24)29-23(30-21)28-15-10-26-20(27-11-15)22(34)32(3)4;3-2(4,5)1(6)7/h5-12,25H,1-4H3,(H3,24,28,29,30);(H,6,7). The lowest BCUT2D eigenvalue weighted by Crippen LogP contribution is -2.23. The topological polar surface area (TPSA) is 181 Å². The Morgan fingerprint density at radius 1 is 1.12 bits per heavy atom. The van der Waals surface area contributed by atoms with Crippen LogP contribution < -0.4 is 11.1 Å². The second-order valence-corrected chi connectivity index (χ2v) is 9.22. The quantitative estimate of drug-likeness (QED) is 0.241. The van der Waals surface area contributed by atoms with Crippen LogP contribution in [0, 0.1) is 0 Å². The third-order valence-electron chi connectivity index (χ3n) is 5.64. The van der Waals surface area contributed by atoms with E-state index in [2.05, 4.69) is 31.3 Å². The number of aromatic nitrogens is 7. The van der Waals surface area contributed by atoms with Crippen LogP contribution in [0.1, 0.15) is 30.5 Å². The van der Waals surface area contributed by atoms with Crippen LogP contribution in [0.25, 0.3) is 33.2 Å². The number of H-pyrrole nitrogens is 1. The van der Waals surface area contributed by atoms with Gasteiger partial charge in [0.15, 0.2) is 5.65 Å². The zero-order valence-corrected chi connectivity index (χ0v) is 22.2. The van der Waals surface area contributed by atoms with Gasteiger partial charge in [-0.15, -0.1) is 0 Å². The van der Waals surface area contributed by atoms with Crippen molar-refractivity contribution < 1.29 is 27.9 Å². The van der Waals surface area contributed by atoms with Gasteiger partial charge in [0.2, 0.25) is 11.8 Å². The Labute approximate surface area is 230 Å². The molecule has 0 spiro atoms. The highest BCUT2D eigenvalue weighted by Gasteiger charge is 2.38. The molecule has 0 aliphatic carbocycles. The lowest BCUT2D eigenvalue weighted by atomic mass is 10.1. The minimum atomic E-state index is -5.08. The Morgan fingerprint density at radius 2 is 1.78 bits per heavy atom. The highest BCUT2D eigenvalue weighted by atomic mass is 19.4. The summed E-state index contributed by atoms with van der Waals surface area (Å²) < 4.78 is 33.6. The molecule has 16 heteroatoms. The van der Waals surface area contributed by atoms with E-state index in [-0.39, 0.29) is 23.7 Å².